The van der Waals surface area contributed by atoms with Gasteiger partial charge in [-0.3, -0.25) is 4.79 Å². The second kappa shape index (κ2) is 10.5. The Morgan fingerprint density at radius 2 is 1.89 bits per heavy atom. The first kappa shape index (κ1) is 22.3. The zero-order valence-electron chi connectivity index (χ0n) is 17.1. The van der Waals surface area contributed by atoms with Gasteiger partial charge in [0.05, 0.1) is 20.1 Å². The molecule has 1 unspecified atom stereocenters. The molecular weight excluding hydrogens is 361 g/mol. The van der Waals surface area contributed by atoms with Crippen LogP contribution in [-0.4, -0.2) is 75.5 Å². The fourth-order valence-electron chi connectivity index (χ4n) is 3.82. The lowest BCUT2D eigenvalue weighted by Crippen LogP contribution is -3.09. The molecule has 1 fully saturated rings. The third kappa shape index (κ3) is 6.87. The number of carbonyl (C=O) groups is 2. The van der Waals surface area contributed by atoms with E-state index in [4.69, 9.17) is 0 Å². The minimum Gasteiger partial charge on any atom is -0.550 e. The number of nitrogens with zero attached hydrogens (tertiary/aromatic N) is 2. The summed E-state index contributed by atoms with van der Waals surface area (Å²) in [5.41, 5.74) is 0.465. The van der Waals surface area contributed by atoms with E-state index in [-0.39, 0.29) is 30.0 Å². The van der Waals surface area contributed by atoms with Gasteiger partial charge in [0.1, 0.15) is 5.82 Å². The summed E-state index contributed by atoms with van der Waals surface area (Å²) >= 11 is 0. The average molecular weight is 394 g/mol. The highest BCUT2D eigenvalue weighted by atomic mass is 19.1. The number of aliphatic carboxylic acids is 1. The molecule has 28 heavy (non-hydrogen) atoms. The van der Waals surface area contributed by atoms with Gasteiger partial charge in [0.2, 0.25) is 0 Å². The number of rotatable bonds is 9. The lowest BCUT2D eigenvalue weighted by Gasteiger charge is -2.39. The van der Waals surface area contributed by atoms with Crippen LogP contribution >= 0.6 is 0 Å². The molecule has 1 amide bonds. The molecule has 1 aromatic carbocycles. The number of likely N-dealkylation sites (N-methyl/N-ethyl adjacent to an activating group) is 2. The van der Waals surface area contributed by atoms with E-state index in [0.717, 1.165) is 26.1 Å². The molecule has 1 aromatic rings. The van der Waals surface area contributed by atoms with Crippen molar-refractivity contribution < 1.29 is 24.0 Å². The minimum atomic E-state index is -1.03. The molecule has 0 spiro atoms. The van der Waals surface area contributed by atoms with Gasteiger partial charge in [-0.15, -0.1) is 0 Å². The lowest BCUT2D eigenvalue weighted by molar-refractivity contribution is -0.879. The van der Waals surface area contributed by atoms with Crippen LogP contribution in [0.15, 0.2) is 24.3 Å². The van der Waals surface area contributed by atoms with Gasteiger partial charge in [-0.1, -0.05) is 0 Å². The number of hydrogen-bond acceptors (Lipinski definition) is 4. The first-order chi connectivity index (χ1) is 13.3. The normalized spacial score (nSPS) is 21.0. The van der Waals surface area contributed by atoms with E-state index in [9.17, 15) is 19.1 Å². The van der Waals surface area contributed by atoms with Crippen LogP contribution in [0.1, 0.15) is 29.6 Å². The summed E-state index contributed by atoms with van der Waals surface area (Å²) in [6, 6.07) is 5.57. The minimum absolute atomic E-state index is 0.0314. The van der Waals surface area contributed by atoms with Crippen molar-refractivity contribution in [1.29, 1.82) is 0 Å². The Balaban J connectivity index is 1.99. The summed E-state index contributed by atoms with van der Waals surface area (Å²) in [6.07, 6.45) is 1.56. The number of hydrogen-bond donors (Lipinski definition) is 1. The van der Waals surface area contributed by atoms with E-state index in [0.29, 0.717) is 25.1 Å². The van der Waals surface area contributed by atoms with Gasteiger partial charge in [0.15, 0.2) is 0 Å². The van der Waals surface area contributed by atoms with E-state index in [2.05, 4.69) is 11.9 Å². The lowest BCUT2D eigenvalue weighted by atomic mass is 9.81. The summed E-state index contributed by atoms with van der Waals surface area (Å²) < 4.78 is 13.1. The van der Waals surface area contributed by atoms with Gasteiger partial charge in [-0.2, -0.15) is 0 Å². The second-order valence-electron chi connectivity index (χ2n) is 8.19. The number of carboxylic acids is 1. The van der Waals surface area contributed by atoms with Crippen molar-refractivity contribution in [3.63, 3.8) is 0 Å². The summed E-state index contributed by atoms with van der Waals surface area (Å²) in [7, 11) is 6.23. The molecular formula is C21H32FN3O3. The number of carboxylic acid groups (broad SMARTS) is 1. The Morgan fingerprint density at radius 1 is 1.21 bits per heavy atom. The van der Waals surface area contributed by atoms with Crippen LogP contribution in [0.4, 0.5) is 4.39 Å². The van der Waals surface area contributed by atoms with Crippen LogP contribution in [0, 0.1) is 17.7 Å². The molecule has 0 aliphatic carbocycles. The zero-order valence-corrected chi connectivity index (χ0v) is 17.1. The van der Waals surface area contributed by atoms with Crippen molar-refractivity contribution in [1.82, 2.24) is 9.80 Å². The van der Waals surface area contributed by atoms with E-state index >= 15 is 0 Å². The Morgan fingerprint density at radius 3 is 2.50 bits per heavy atom. The smallest absolute Gasteiger partial charge is 0.253 e. The molecule has 1 aliphatic rings. The fraction of sp³-hybridized carbons (Fsp3) is 0.619. The predicted octanol–water partition coefficient (Wildman–Crippen LogP) is -0.490. The molecule has 0 saturated carbocycles. The van der Waals surface area contributed by atoms with Gasteiger partial charge in [-0.05, 0) is 63.0 Å². The molecule has 1 N–H and O–H groups in total. The maximum atomic E-state index is 13.1. The van der Waals surface area contributed by atoms with E-state index < -0.39 is 5.97 Å². The van der Waals surface area contributed by atoms with Crippen molar-refractivity contribution >= 4 is 11.9 Å². The third-order valence-corrected chi connectivity index (χ3v) is 5.63. The number of carbonyl (C=O) groups excluding carboxylic acids is 2. The maximum absolute atomic E-state index is 13.1. The SMILES string of the molecule is CN(C)CC[NH+](C)CC[C@H]1CN(C(=O)c2ccc(F)cc2)CC[C@H]1CC(=O)[O-]. The quantitative estimate of drug-likeness (QED) is 0.615. The number of nitrogens with one attached hydrogen (secondary N) is 1. The largest absolute Gasteiger partial charge is 0.550 e. The van der Waals surface area contributed by atoms with Crippen molar-refractivity contribution in [3.8, 4) is 0 Å². The summed E-state index contributed by atoms with van der Waals surface area (Å²) in [5, 5.41) is 11.2. The Hall–Kier alpha value is -1.99. The maximum Gasteiger partial charge on any atom is 0.253 e. The molecule has 156 valence electrons. The summed E-state index contributed by atoms with van der Waals surface area (Å²) in [5.74, 6) is -1.35. The second-order valence-corrected chi connectivity index (χ2v) is 8.19. The first-order valence-electron chi connectivity index (χ1n) is 9.97. The van der Waals surface area contributed by atoms with E-state index in [1.165, 1.54) is 29.2 Å². The number of amides is 1. The Labute approximate surface area is 166 Å². The summed E-state index contributed by atoms with van der Waals surface area (Å²) in [6.45, 7) is 4.00. The van der Waals surface area contributed by atoms with Gasteiger partial charge in [-0.25, -0.2) is 4.39 Å². The molecule has 1 aliphatic heterocycles. The average Bonchev–Trinajstić information content (AvgIpc) is 2.65. The monoisotopic (exact) mass is 393 g/mol. The molecule has 1 heterocycles. The first-order valence-corrected chi connectivity index (χ1v) is 9.97. The number of piperidine rings is 1. The van der Waals surface area contributed by atoms with E-state index in [1.807, 2.05) is 14.1 Å². The molecule has 7 heteroatoms. The molecule has 0 aromatic heterocycles. The number of benzene rings is 1. The molecule has 1 saturated heterocycles. The number of halogens is 1. The summed E-state index contributed by atoms with van der Waals surface area (Å²) in [4.78, 5) is 29.2. The fourth-order valence-corrected chi connectivity index (χ4v) is 3.82. The molecule has 2 rings (SSSR count). The van der Waals surface area contributed by atoms with Crippen molar-refractivity contribution in [2.24, 2.45) is 11.8 Å². The van der Waals surface area contributed by atoms with Gasteiger partial charge < -0.3 is 24.6 Å². The van der Waals surface area contributed by atoms with Crippen LogP contribution in [0.2, 0.25) is 0 Å². The highest BCUT2D eigenvalue weighted by molar-refractivity contribution is 5.94. The van der Waals surface area contributed by atoms with Crippen LogP contribution in [0.3, 0.4) is 0 Å². The van der Waals surface area contributed by atoms with Gasteiger partial charge in [0.25, 0.3) is 5.91 Å². The van der Waals surface area contributed by atoms with E-state index in [1.54, 1.807) is 4.90 Å². The topological polar surface area (TPSA) is 68.1 Å². The van der Waals surface area contributed by atoms with Gasteiger partial charge >= 0.3 is 0 Å². The van der Waals surface area contributed by atoms with Crippen LogP contribution in [0.5, 0.6) is 0 Å². The highest BCUT2D eigenvalue weighted by Crippen LogP contribution is 2.29. The third-order valence-electron chi connectivity index (χ3n) is 5.63. The molecule has 0 bridgehead atoms. The Bertz CT molecular complexity index is 651. The van der Waals surface area contributed by atoms with Crippen molar-refractivity contribution in [3.05, 3.63) is 35.6 Å². The molecule has 3 atom stereocenters. The molecule has 0 radical (unpaired) electrons. The van der Waals surface area contributed by atoms with Crippen LogP contribution in [0.25, 0.3) is 0 Å². The Kier molecular flexibility index (Phi) is 8.38. The number of likely N-dealkylation sites (tertiary alicyclic amines) is 1. The van der Waals surface area contributed by atoms with Crippen LogP contribution < -0.4 is 10.0 Å². The standard InChI is InChI=1S/C21H32FN3O3/c1-23(2)12-13-24(3)10-8-18-15-25(11-9-17(18)14-20(26)27)21(28)16-4-6-19(22)7-5-16/h4-7,17-18H,8-15H2,1-3H3,(H,26,27)/t17-,18-/m0/s1. The molecule has 6 nitrogen and oxygen atoms in total. The van der Waals surface area contributed by atoms with Gasteiger partial charge in [0, 0.05) is 37.6 Å². The van der Waals surface area contributed by atoms with Crippen molar-refractivity contribution in [2.45, 2.75) is 19.3 Å². The number of quaternary nitrogens is 1. The van der Waals surface area contributed by atoms with Crippen LogP contribution in [-0.2, 0) is 4.79 Å². The van der Waals surface area contributed by atoms with Crippen molar-refractivity contribution in [2.75, 3.05) is 53.9 Å². The predicted molar refractivity (Wildman–Crippen MR) is 103 cm³/mol. The highest BCUT2D eigenvalue weighted by Gasteiger charge is 2.32. The zero-order chi connectivity index (χ0) is 20.7.